The molecule has 1 aromatic carbocycles. The fourth-order valence-corrected chi connectivity index (χ4v) is 2.17. The number of hydrogen-bond donors (Lipinski definition) is 1. The maximum atomic E-state index is 10.6. The molecule has 0 bridgehead atoms. The predicted octanol–water partition coefficient (Wildman–Crippen LogP) is 3.07. The number of aliphatic carboxylic acids is 1. The van der Waals surface area contributed by atoms with Gasteiger partial charge in [-0.1, -0.05) is 30.0 Å². The molecular weight excluding hydrogens is 216 g/mol. The number of benzene rings is 1. The Labute approximate surface area is 91.4 Å². The lowest BCUT2D eigenvalue weighted by Gasteiger charge is -1.97. The molecule has 0 unspecified atom stereocenters. The molecule has 0 amide bonds. The molecule has 74 valence electrons. The van der Waals surface area contributed by atoms with Crippen molar-refractivity contribution in [2.75, 3.05) is 6.26 Å². The molecule has 0 radical (unpaired) electrons. The zero-order chi connectivity index (χ0) is 10.4. The van der Waals surface area contributed by atoms with Crippen LogP contribution in [0.25, 0.3) is 0 Å². The van der Waals surface area contributed by atoms with Crippen molar-refractivity contribution in [1.82, 2.24) is 0 Å². The van der Waals surface area contributed by atoms with E-state index >= 15 is 0 Å². The van der Waals surface area contributed by atoms with E-state index < -0.39 is 5.97 Å². The topological polar surface area (TPSA) is 37.3 Å². The Bertz CT molecular complexity index is 333. The fourth-order valence-electron chi connectivity index (χ4n) is 0.806. The lowest BCUT2D eigenvalue weighted by molar-refractivity contribution is -0.131. The van der Waals surface area contributed by atoms with Crippen LogP contribution >= 0.6 is 23.5 Å². The van der Waals surface area contributed by atoms with Gasteiger partial charge in [0, 0.05) is 4.90 Å². The highest BCUT2D eigenvalue weighted by Crippen LogP contribution is 2.23. The molecule has 1 N–H and O–H groups in total. The number of carboxylic acids is 1. The quantitative estimate of drug-likeness (QED) is 0.632. The van der Waals surface area contributed by atoms with Gasteiger partial charge in [-0.3, -0.25) is 0 Å². The van der Waals surface area contributed by atoms with Gasteiger partial charge in [0.05, 0.1) is 4.91 Å². The van der Waals surface area contributed by atoms with Gasteiger partial charge in [0.15, 0.2) is 0 Å². The largest absolute Gasteiger partial charge is 0.477 e. The number of rotatable bonds is 4. The minimum Gasteiger partial charge on any atom is -0.477 e. The standard InChI is InChI=1S/C10H10O2S2/c1-13-9(10(11)12)7-14-8-5-3-2-4-6-8/h2-7H,1H3,(H,11,12)/b9-7+. The van der Waals surface area contributed by atoms with Crippen molar-refractivity contribution >= 4 is 29.5 Å². The predicted molar refractivity (Wildman–Crippen MR) is 61.5 cm³/mol. The van der Waals surface area contributed by atoms with Crippen molar-refractivity contribution in [3.8, 4) is 0 Å². The smallest absolute Gasteiger partial charge is 0.342 e. The SMILES string of the molecule is CS/C(=C/Sc1ccccc1)C(=O)O. The van der Waals surface area contributed by atoms with Crippen LogP contribution < -0.4 is 0 Å². The molecular formula is C10H10O2S2. The van der Waals surface area contributed by atoms with E-state index in [-0.39, 0.29) is 0 Å². The van der Waals surface area contributed by atoms with Gasteiger partial charge in [0.1, 0.15) is 0 Å². The van der Waals surface area contributed by atoms with E-state index in [9.17, 15) is 4.79 Å². The van der Waals surface area contributed by atoms with Crippen LogP contribution in [0.3, 0.4) is 0 Å². The lowest BCUT2D eigenvalue weighted by Crippen LogP contribution is -1.94. The van der Waals surface area contributed by atoms with E-state index in [1.807, 2.05) is 30.3 Å². The van der Waals surface area contributed by atoms with Crippen LogP contribution in [0.1, 0.15) is 0 Å². The summed E-state index contributed by atoms with van der Waals surface area (Å²) in [5, 5.41) is 10.4. The molecule has 4 heteroatoms. The van der Waals surface area contributed by atoms with Crippen LogP contribution in [0.5, 0.6) is 0 Å². The van der Waals surface area contributed by atoms with Crippen LogP contribution in [0, 0.1) is 0 Å². The van der Waals surface area contributed by atoms with Crippen molar-refractivity contribution in [3.63, 3.8) is 0 Å². The summed E-state index contributed by atoms with van der Waals surface area (Å²) in [5.74, 6) is -0.874. The average molecular weight is 226 g/mol. The molecule has 0 fully saturated rings. The minimum absolute atomic E-state index is 0.360. The second-order valence-electron chi connectivity index (χ2n) is 2.42. The molecule has 14 heavy (non-hydrogen) atoms. The number of carboxylic acid groups (broad SMARTS) is 1. The Kier molecular flexibility index (Phi) is 4.62. The van der Waals surface area contributed by atoms with E-state index in [0.29, 0.717) is 4.91 Å². The third-order valence-corrected chi connectivity index (χ3v) is 3.26. The number of thioether (sulfide) groups is 2. The first-order chi connectivity index (χ1) is 6.74. The highest BCUT2D eigenvalue weighted by molar-refractivity contribution is 8.06. The second-order valence-corrected chi connectivity index (χ2v) is 4.21. The molecule has 0 aliphatic heterocycles. The van der Waals surface area contributed by atoms with E-state index in [4.69, 9.17) is 5.11 Å². The van der Waals surface area contributed by atoms with Gasteiger partial charge in [0.2, 0.25) is 0 Å². The maximum absolute atomic E-state index is 10.6. The Hall–Kier alpha value is -0.870. The first-order valence-corrected chi connectivity index (χ1v) is 6.03. The minimum atomic E-state index is -0.874. The van der Waals surface area contributed by atoms with Gasteiger partial charge >= 0.3 is 5.97 Å². The van der Waals surface area contributed by atoms with Crippen molar-refractivity contribution in [1.29, 1.82) is 0 Å². The van der Waals surface area contributed by atoms with Gasteiger partial charge in [-0.15, -0.1) is 11.8 Å². The Morgan fingerprint density at radius 1 is 1.36 bits per heavy atom. The van der Waals surface area contributed by atoms with Gasteiger partial charge in [-0.05, 0) is 23.8 Å². The van der Waals surface area contributed by atoms with Gasteiger partial charge in [-0.2, -0.15) is 0 Å². The summed E-state index contributed by atoms with van der Waals surface area (Å²) in [6, 6.07) is 9.67. The highest BCUT2D eigenvalue weighted by Gasteiger charge is 2.04. The van der Waals surface area contributed by atoms with Crippen LogP contribution in [0.4, 0.5) is 0 Å². The Morgan fingerprint density at radius 3 is 2.50 bits per heavy atom. The molecule has 0 saturated carbocycles. The van der Waals surface area contributed by atoms with Crippen LogP contribution in [0.15, 0.2) is 45.5 Å². The Balaban J connectivity index is 2.66. The van der Waals surface area contributed by atoms with Crippen LogP contribution in [-0.2, 0) is 4.79 Å². The highest BCUT2D eigenvalue weighted by atomic mass is 32.2. The van der Waals surface area contributed by atoms with Gasteiger partial charge < -0.3 is 5.11 Å². The summed E-state index contributed by atoms with van der Waals surface area (Å²) in [6.07, 6.45) is 1.76. The molecule has 2 nitrogen and oxygen atoms in total. The van der Waals surface area contributed by atoms with E-state index in [2.05, 4.69) is 0 Å². The monoisotopic (exact) mass is 226 g/mol. The van der Waals surface area contributed by atoms with Crippen molar-refractivity contribution in [3.05, 3.63) is 40.6 Å². The zero-order valence-electron chi connectivity index (χ0n) is 7.64. The molecule has 1 rings (SSSR count). The lowest BCUT2D eigenvalue weighted by atomic mass is 10.4. The summed E-state index contributed by atoms with van der Waals surface area (Å²) >= 11 is 2.66. The summed E-state index contributed by atoms with van der Waals surface area (Å²) in [6.45, 7) is 0. The van der Waals surface area contributed by atoms with E-state index in [1.54, 1.807) is 11.7 Å². The first kappa shape index (κ1) is 11.2. The summed E-state index contributed by atoms with van der Waals surface area (Å²) in [5.41, 5.74) is 0. The normalized spacial score (nSPS) is 11.4. The molecule has 0 atom stereocenters. The Morgan fingerprint density at radius 2 is 2.00 bits per heavy atom. The number of carbonyl (C=O) groups is 1. The zero-order valence-corrected chi connectivity index (χ0v) is 9.27. The summed E-state index contributed by atoms with van der Waals surface area (Å²) in [4.78, 5) is 12.1. The third-order valence-electron chi connectivity index (χ3n) is 1.48. The van der Waals surface area contributed by atoms with Crippen LogP contribution in [-0.4, -0.2) is 17.3 Å². The molecule has 0 aliphatic rings. The van der Waals surface area contributed by atoms with Crippen molar-refractivity contribution < 1.29 is 9.90 Å². The van der Waals surface area contributed by atoms with E-state index in [0.717, 1.165) is 4.90 Å². The molecule has 1 aromatic rings. The molecule has 0 heterocycles. The molecule has 0 aromatic heterocycles. The fraction of sp³-hybridized carbons (Fsp3) is 0.100. The van der Waals surface area contributed by atoms with Crippen molar-refractivity contribution in [2.45, 2.75) is 4.90 Å². The van der Waals surface area contributed by atoms with E-state index in [1.165, 1.54) is 23.5 Å². The second kappa shape index (κ2) is 5.78. The van der Waals surface area contributed by atoms with Crippen LogP contribution in [0.2, 0.25) is 0 Å². The molecule has 0 saturated heterocycles. The average Bonchev–Trinajstić information content (AvgIpc) is 2.20. The third kappa shape index (κ3) is 3.47. The van der Waals surface area contributed by atoms with Gasteiger partial charge in [0.25, 0.3) is 0 Å². The van der Waals surface area contributed by atoms with Crippen molar-refractivity contribution in [2.24, 2.45) is 0 Å². The number of hydrogen-bond acceptors (Lipinski definition) is 3. The van der Waals surface area contributed by atoms with Gasteiger partial charge in [-0.25, -0.2) is 4.79 Å². The maximum Gasteiger partial charge on any atom is 0.342 e. The first-order valence-electron chi connectivity index (χ1n) is 3.93. The molecule has 0 aliphatic carbocycles. The summed E-state index contributed by atoms with van der Waals surface area (Å²) in [7, 11) is 0. The summed E-state index contributed by atoms with van der Waals surface area (Å²) < 4.78 is 0. The molecule has 0 spiro atoms.